The van der Waals surface area contributed by atoms with Gasteiger partial charge in [0.15, 0.2) is 12.6 Å². The van der Waals surface area contributed by atoms with E-state index in [0.717, 1.165) is 0 Å². The minimum absolute atomic E-state index is 0.174. The second kappa shape index (κ2) is 25.3. The number of ether oxygens (including phenoxy) is 6. The van der Waals surface area contributed by atoms with E-state index < -0.39 is 127 Å². The van der Waals surface area contributed by atoms with Gasteiger partial charge in [0.2, 0.25) is 0 Å². The third-order valence-electron chi connectivity index (χ3n) is 16.1. The number of aliphatic hydroxyl groups is 5. The first-order valence-electron chi connectivity index (χ1n) is 26.1. The lowest BCUT2D eigenvalue weighted by Gasteiger charge is -2.49. The molecule has 19 nitrogen and oxygen atoms in total. The monoisotopic (exact) mass is 1040 g/mol. The second-order valence-corrected chi connectivity index (χ2v) is 22.8. The number of rotatable bonds is 15. The van der Waals surface area contributed by atoms with Crippen molar-refractivity contribution in [3.63, 3.8) is 0 Å². The Kier molecular flexibility index (Phi) is 21.0. The number of alkyl halides is 1. The Balaban J connectivity index is 1.43. The molecular weight excluding hydrogens is 948 g/mol. The molecule has 0 aliphatic carbocycles. The van der Waals surface area contributed by atoms with Crippen LogP contribution in [0.2, 0.25) is 0 Å². The number of nitrogens with zero attached hydrogens (tertiary/aromatic N) is 6. The molecule has 1 aromatic heterocycles. The highest BCUT2D eigenvalue weighted by Crippen LogP contribution is 2.42. The van der Waals surface area contributed by atoms with Crippen molar-refractivity contribution in [2.45, 2.75) is 212 Å². The maximum absolute atomic E-state index is 14.8. The molecule has 3 saturated heterocycles. The van der Waals surface area contributed by atoms with Gasteiger partial charge in [-0.2, -0.15) is 0 Å². The summed E-state index contributed by atoms with van der Waals surface area (Å²) in [6, 6.07) is 5.24. The van der Waals surface area contributed by atoms with Crippen LogP contribution in [-0.4, -0.2) is 193 Å². The lowest BCUT2D eigenvalue weighted by atomic mass is 9.77. The molecule has 1 aromatic carbocycles. The first-order chi connectivity index (χ1) is 34.1. The maximum atomic E-state index is 14.8. The molecule has 0 radical (unpaired) electrons. The van der Waals surface area contributed by atoms with E-state index in [-0.39, 0.29) is 25.2 Å². The van der Waals surface area contributed by atoms with Crippen LogP contribution in [0.15, 0.2) is 35.6 Å². The molecule has 3 aliphatic rings. The summed E-state index contributed by atoms with van der Waals surface area (Å²) in [5.41, 5.74) is -1.66. The van der Waals surface area contributed by atoms with Crippen LogP contribution in [0.5, 0.6) is 0 Å². The van der Waals surface area contributed by atoms with E-state index in [2.05, 4.69) is 15.5 Å². The van der Waals surface area contributed by atoms with Crippen LogP contribution in [0.1, 0.15) is 138 Å². The van der Waals surface area contributed by atoms with Crippen LogP contribution < -0.4 is 0 Å². The third kappa shape index (κ3) is 14.2. The largest absolute Gasteiger partial charge is 0.459 e. The van der Waals surface area contributed by atoms with E-state index >= 15 is 0 Å². The normalized spacial score (nSPS) is 38.6. The van der Waals surface area contributed by atoms with Crippen molar-refractivity contribution in [1.82, 2.24) is 24.8 Å². The Bertz CT molecular complexity index is 2080. The summed E-state index contributed by atoms with van der Waals surface area (Å²) in [5.74, 6) is -2.77. The number of aromatic nitrogens is 3. The number of likely N-dealkylation sites (N-methyl/N-ethyl adjacent to an activating group) is 2. The highest BCUT2D eigenvalue weighted by atomic mass is 19.1. The molecule has 2 aromatic rings. The predicted octanol–water partition coefficient (Wildman–Crippen LogP) is 4.82. The summed E-state index contributed by atoms with van der Waals surface area (Å²) < 4.78 is 54.5. The number of hydrogen-bond acceptors (Lipinski definition) is 18. The number of hydrogen-bond donors (Lipinski definition) is 6. The quantitative estimate of drug-likeness (QED) is 0.0606. The van der Waals surface area contributed by atoms with Gasteiger partial charge < -0.3 is 69.0 Å². The van der Waals surface area contributed by atoms with Crippen LogP contribution in [-0.2, 0) is 39.6 Å². The zero-order valence-electron chi connectivity index (χ0n) is 46.0. The minimum atomic E-state index is -1.84. The lowest BCUT2D eigenvalue weighted by Crippen LogP contribution is -2.60. The third-order valence-corrected chi connectivity index (χ3v) is 16.1. The first-order valence-corrected chi connectivity index (χ1v) is 26.1. The van der Waals surface area contributed by atoms with Gasteiger partial charge in [0, 0.05) is 57.2 Å². The Hall–Kier alpha value is -3.25. The average Bonchev–Trinajstić information content (AvgIpc) is 3.81. The van der Waals surface area contributed by atoms with Crippen molar-refractivity contribution in [3.8, 4) is 0 Å². The van der Waals surface area contributed by atoms with E-state index in [9.17, 15) is 39.9 Å². The lowest BCUT2D eigenvalue weighted by molar-refractivity contribution is -0.312. The fourth-order valence-corrected chi connectivity index (χ4v) is 11.5. The molecule has 0 spiro atoms. The second-order valence-electron chi connectivity index (χ2n) is 22.8. The van der Waals surface area contributed by atoms with Crippen LogP contribution in [0.3, 0.4) is 0 Å². The average molecular weight is 1040 g/mol. The van der Waals surface area contributed by atoms with Crippen LogP contribution in [0.25, 0.3) is 0 Å². The molecule has 20 heteroatoms. The molecule has 0 unspecified atom stereocenters. The molecule has 0 amide bonds. The Labute approximate surface area is 432 Å². The molecule has 0 saturated carbocycles. The van der Waals surface area contributed by atoms with Crippen LogP contribution >= 0.6 is 0 Å². The zero-order chi connectivity index (χ0) is 54.5. The fourth-order valence-electron chi connectivity index (χ4n) is 11.5. The van der Waals surface area contributed by atoms with Crippen molar-refractivity contribution in [3.05, 3.63) is 47.3 Å². The molecule has 0 bridgehead atoms. The van der Waals surface area contributed by atoms with E-state index in [1.165, 1.54) is 18.7 Å². The molecule has 73 heavy (non-hydrogen) atoms. The SMILES string of the molecule is CC[C@H]1OC(=O)[C@H](C)[C@@H](O[C@H]2CC(C)(C)[C@@H](O)[C@H](C)O2)[C@H](C)[C@@H](O[C@@H]2O[C@H](C)C[C@H](N(C)CCc3cn([C@H](CF)[C@H](OC)c4ccc(/C(C)=N/O)cc4)nn3)[C@H]2O)[C@](C)(O)C[C@@H](C)CN(C)[C@H](C)[C@@H](O)[C@]1(C)O. The molecule has 19 atom stereocenters. The Morgan fingerprint density at radius 1 is 1.00 bits per heavy atom. The zero-order valence-corrected chi connectivity index (χ0v) is 46.0. The molecule has 6 N–H and O–H groups in total. The summed E-state index contributed by atoms with van der Waals surface area (Å²) in [5, 5.41) is 80.8. The summed E-state index contributed by atoms with van der Waals surface area (Å²) in [4.78, 5) is 18.4. The van der Waals surface area contributed by atoms with Crippen molar-refractivity contribution in [2.24, 2.45) is 28.3 Å². The fraction of sp³-hybridized carbons (Fsp3) is 0.811. The molecule has 416 valence electrons. The standard InChI is InChI=1S/C53H89FN6O13/c1-16-41-53(12,66)46(62)34(7)59(14)27-29(2)24-52(11,65)48(31(4)44(32(5)49(64)71-41)72-42-25-51(9,10)47(63)35(8)70-42)73-50-43(61)39(23-30(3)69-50)58(13)22-21-38-28-60(57-55-38)40(26-54)45(68-15)37-19-17-36(18-20-37)33(6)56-67/h17-20,28-32,34-35,39-48,50,61-63,65-67H,16,21-27H2,1-15H3/b56-33+/t29-,30-,31+,32-,34-,35+,39+,40-,41-,42+,43-,44+,45-,46-,47+,48-,50+,52-,53-/m1/s1. The number of oxime groups is 1. The van der Waals surface area contributed by atoms with Crippen molar-refractivity contribution in [2.75, 3.05) is 41.0 Å². The van der Waals surface area contributed by atoms with Gasteiger partial charge in [-0.15, -0.1) is 5.10 Å². The summed E-state index contributed by atoms with van der Waals surface area (Å²) >= 11 is 0. The number of methoxy groups -OCH3 is 1. The predicted molar refractivity (Wildman–Crippen MR) is 270 cm³/mol. The van der Waals surface area contributed by atoms with Gasteiger partial charge in [-0.1, -0.05) is 69.3 Å². The van der Waals surface area contributed by atoms with E-state index in [1.54, 1.807) is 72.0 Å². The van der Waals surface area contributed by atoms with Gasteiger partial charge in [0.05, 0.1) is 53.4 Å². The van der Waals surface area contributed by atoms with Gasteiger partial charge >= 0.3 is 5.97 Å². The van der Waals surface area contributed by atoms with Gasteiger partial charge in [0.1, 0.15) is 42.7 Å². The highest BCUT2D eigenvalue weighted by Gasteiger charge is 2.52. The van der Waals surface area contributed by atoms with Crippen LogP contribution in [0.4, 0.5) is 4.39 Å². The number of carbonyl (C=O) groups is 1. The van der Waals surface area contributed by atoms with Gasteiger partial charge in [0.25, 0.3) is 0 Å². The maximum Gasteiger partial charge on any atom is 0.311 e. The number of halogens is 1. The summed E-state index contributed by atoms with van der Waals surface area (Å²) in [6.07, 6.45) is -7.29. The molecule has 4 heterocycles. The number of benzene rings is 1. The summed E-state index contributed by atoms with van der Waals surface area (Å²) in [6.45, 7) is 21.3. The number of carbonyl (C=O) groups excluding carboxylic acids is 1. The highest BCUT2D eigenvalue weighted by molar-refractivity contribution is 5.98. The molecule has 5 rings (SSSR count). The van der Waals surface area contributed by atoms with Crippen molar-refractivity contribution in [1.29, 1.82) is 0 Å². The molecule has 3 aliphatic heterocycles. The van der Waals surface area contributed by atoms with Crippen molar-refractivity contribution < 1.29 is 68.3 Å². The molecule has 3 fully saturated rings. The smallest absolute Gasteiger partial charge is 0.311 e. The summed E-state index contributed by atoms with van der Waals surface area (Å²) in [7, 11) is 5.21. The van der Waals surface area contributed by atoms with Crippen molar-refractivity contribution >= 4 is 11.7 Å². The number of esters is 1. The molecular formula is C53H89FN6O13. The van der Waals surface area contributed by atoms with Gasteiger partial charge in [-0.25, -0.2) is 9.07 Å². The van der Waals surface area contributed by atoms with Gasteiger partial charge in [-0.3, -0.25) is 4.79 Å². The van der Waals surface area contributed by atoms with Crippen LogP contribution in [0, 0.1) is 23.2 Å². The van der Waals surface area contributed by atoms with E-state index in [4.69, 9.17) is 28.4 Å². The van der Waals surface area contributed by atoms with Gasteiger partial charge in [-0.05, 0) is 104 Å². The Morgan fingerprint density at radius 3 is 2.25 bits per heavy atom. The van der Waals surface area contributed by atoms with E-state index in [1.807, 2.05) is 58.5 Å². The Morgan fingerprint density at radius 2 is 1.66 bits per heavy atom. The van der Waals surface area contributed by atoms with E-state index in [0.29, 0.717) is 48.5 Å². The minimum Gasteiger partial charge on any atom is -0.459 e. The first kappa shape index (κ1) is 60.6. The topological polar surface area (TPSA) is 243 Å². The number of cyclic esters (lactones) is 1. The number of aliphatic hydroxyl groups excluding tert-OH is 3.